The van der Waals surface area contributed by atoms with Crippen LogP contribution in [-0.4, -0.2) is 36.4 Å². The van der Waals surface area contributed by atoms with Crippen LogP contribution in [0.25, 0.3) is 0 Å². The molecule has 1 nitrogen and oxygen atoms in total. The summed E-state index contributed by atoms with van der Waals surface area (Å²) in [7, 11) is 2.23. The van der Waals surface area contributed by atoms with E-state index in [4.69, 9.17) is 0 Å². The summed E-state index contributed by atoms with van der Waals surface area (Å²) < 4.78 is 4.27. The van der Waals surface area contributed by atoms with Crippen molar-refractivity contribution in [2.45, 2.75) is 33.6 Å². The Morgan fingerprint density at radius 1 is 1.06 bits per heavy atom. The van der Waals surface area contributed by atoms with Gasteiger partial charge in [0, 0.05) is 0 Å². The SMILES string of the molecule is CCCCS[As](c1ccccc1)N(CC)CC. The van der Waals surface area contributed by atoms with E-state index in [1.807, 2.05) is 0 Å². The van der Waals surface area contributed by atoms with Crippen molar-refractivity contribution < 1.29 is 0 Å². The van der Waals surface area contributed by atoms with Crippen LogP contribution in [0.1, 0.15) is 33.6 Å². The van der Waals surface area contributed by atoms with Gasteiger partial charge in [0.2, 0.25) is 0 Å². The van der Waals surface area contributed by atoms with E-state index in [0.29, 0.717) is 0 Å². The van der Waals surface area contributed by atoms with Gasteiger partial charge in [0.05, 0.1) is 0 Å². The Hall–Kier alpha value is 0.0884. The molecule has 0 amide bonds. The second kappa shape index (κ2) is 9.08. The minimum atomic E-state index is -1.06. The molecule has 1 unspecified atom stereocenters. The molecule has 1 rings (SSSR count). The Bertz CT molecular complexity index is 288. The predicted molar refractivity (Wildman–Crippen MR) is 82.1 cm³/mol. The van der Waals surface area contributed by atoms with E-state index < -0.39 is 13.7 Å². The van der Waals surface area contributed by atoms with Crippen molar-refractivity contribution in [2.24, 2.45) is 0 Å². The molecular weight excluding hydrogens is 289 g/mol. The van der Waals surface area contributed by atoms with E-state index in [9.17, 15) is 0 Å². The maximum absolute atomic E-state index is 2.68. The van der Waals surface area contributed by atoms with Gasteiger partial charge in [0.25, 0.3) is 0 Å². The van der Waals surface area contributed by atoms with E-state index in [-0.39, 0.29) is 0 Å². The first-order valence-electron chi connectivity index (χ1n) is 6.56. The summed E-state index contributed by atoms with van der Waals surface area (Å²) in [5, 5.41) is 0. The molecule has 0 spiro atoms. The molecule has 1 atom stereocenters. The summed E-state index contributed by atoms with van der Waals surface area (Å²) in [6, 6.07) is 11.1. The fraction of sp³-hybridized carbons (Fsp3) is 0.571. The number of hydrogen-bond acceptors (Lipinski definition) is 2. The van der Waals surface area contributed by atoms with Gasteiger partial charge in [-0.25, -0.2) is 0 Å². The molecular formula is C14H24AsNS. The molecule has 0 heterocycles. The zero-order chi connectivity index (χ0) is 12.5. The maximum atomic E-state index is 2.68. The molecule has 0 aliphatic carbocycles. The van der Waals surface area contributed by atoms with Crippen LogP contribution in [0.5, 0.6) is 0 Å². The van der Waals surface area contributed by atoms with Gasteiger partial charge in [-0.15, -0.1) is 0 Å². The van der Waals surface area contributed by atoms with Crippen molar-refractivity contribution in [3.8, 4) is 0 Å². The molecule has 0 bridgehead atoms. The number of rotatable bonds is 8. The fourth-order valence-corrected chi connectivity index (χ4v) is 10.9. The topological polar surface area (TPSA) is 3.24 Å². The zero-order valence-corrected chi connectivity index (χ0v) is 13.9. The van der Waals surface area contributed by atoms with Gasteiger partial charge in [-0.1, -0.05) is 0 Å². The molecule has 96 valence electrons. The molecule has 0 radical (unpaired) electrons. The fourth-order valence-electron chi connectivity index (χ4n) is 1.65. The molecule has 0 aliphatic heterocycles. The summed E-state index contributed by atoms with van der Waals surface area (Å²) in [6.07, 6.45) is 2.66. The van der Waals surface area contributed by atoms with Crippen LogP contribution < -0.4 is 4.35 Å². The molecule has 0 aliphatic rings. The average molecular weight is 313 g/mol. The monoisotopic (exact) mass is 313 g/mol. The van der Waals surface area contributed by atoms with Gasteiger partial charge in [-0.05, 0) is 0 Å². The number of benzene rings is 1. The Morgan fingerprint density at radius 3 is 2.24 bits per heavy atom. The number of unbranched alkanes of at least 4 members (excludes halogenated alkanes) is 1. The number of hydrogen-bond donors (Lipinski definition) is 0. The molecule has 1 aromatic carbocycles. The first-order valence-corrected chi connectivity index (χ1v) is 11.6. The Balaban J connectivity index is 2.71. The van der Waals surface area contributed by atoms with Gasteiger partial charge >= 0.3 is 115 Å². The Labute approximate surface area is 114 Å². The van der Waals surface area contributed by atoms with E-state index in [2.05, 4.69) is 64.9 Å². The van der Waals surface area contributed by atoms with Gasteiger partial charge in [0.1, 0.15) is 0 Å². The van der Waals surface area contributed by atoms with E-state index in [1.165, 1.54) is 31.7 Å². The van der Waals surface area contributed by atoms with Crippen molar-refractivity contribution in [1.82, 2.24) is 3.82 Å². The second-order valence-corrected chi connectivity index (χ2v) is 11.4. The van der Waals surface area contributed by atoms with Crippen LogP contribution >= 0.6 is 10.0 Å². The molecule has 1 aromatic rings. The van der Waals surface area contributed by atoms with Crippen molar-refractivity contribution in [3.05, 3.63) is 30.3 Å². The molecule has 3 heteroatoms. The third-order valence-corrected chi connectivity index (χ3v) is 12.2. The Morgan fingerprint density at radius 2 is 1.71 bits per heavy atom. The van der Waals surface area contributed by atoms with Crippen LogP contribution in [0.4, 0.5) is 0 Å². The summed E-state index contributed by atoms with van der Waals surface area (Å²) in [4.78, 5) is 0. The van der Waals surface area contributed by atoms with E-state index in [1.54, 1.807) is 4.35 Å². The summed E-state index contributed by atoms with van der Waals surface area (Å²) in [6.45, 7) is 9.22. The first-order chi connectivity index (χ1) is 8.33. The quantitative estimate of drug-likeness (QED) is 0.535. The molecule has 0 saturated carbocycles. The van der Waals surface area contributed by atoms with E-state index in [0.717, 1.165) is 0 Å². The van der Waals surface area contributed by atoms with Crippen LogP contribution in [0.3, 0.4) is 0 Å². The standard InChI is InChI=1S/C14H24AsNS/c1-4-7-13-17-15(16(5-2)6-3)14-11-9-8-10-12-14/h8-12H,4-7,13H2,1-3H3. The van der Waals surface area contributed by atoms with Crippen LogP contribution in [0.2, 0.25) is 0 Å². The van der Waals surface area contributed by atoms with Crippen molar-refractivity contribution >= 4 is 28.1 Å². The summed E-state index contributed by atoms with van der Waals surface area (Å²) in [5.41, 5.74) is 0. The Kier molecular flexibility index (Phi) is 8.09. The third kappa shape index (κ3) is 5.07. The molecule has 17 heavy (non-hydrogen) atoms. The average Bonchev–Trinajstić information content (AvgIpc) is 2.39. The van der Waals surface area contributed by atoms with Gasteiger partial charge in [0.15, 0.2) is 0 Å². The molecule has 0 fully saturated rings. The van der Waals surface area contributed by atoms with Gasteiger partial charge in [-0.2, -0.15) is 0 Å². The van der Waals surface area contributed by atoms with Crippen molar-refractivity contribution in [3.63, 3.8) is 0 Å². The van der Waals surface area contributed by atoms with E-state index >= 15 is 0 Å². The molecule has 0 N–H and O–H groups in total. The third-order valence-electron chi connectivity index (χ3n) is 2.68. The molecule has 0 saturated heterocycles. The van der Waals surface area contributed by atoms with Gasteiger partial charge < -0.3 is 0 Å². The van der Waals surface area contributed by atoms with Crippen LogP contribution in [0, 0.1) is 0 Å². The second-order valence-electron chi connectivity index (χ2n) is 3.93. The van der Waals surface area contributed by atoms with Crippen molar-refractivity contribution in [1.29, 1.82) is 0 Å². The number of nitrogens with zero attached hydrogens (tertiary/aromatic N) is 1. The molecule has 0 aromatic heterocycles. The van der Waals surface area contributed by atoms with Crippen LogP contribution in [0.15, 0.2) is 30.3 Å². The summed E-state index contributed by atoms with van der Waals surface area (Å²) >= 11 is -1.06. The zero-order valence-electron chi connectivity index (χ0n) is 11.2. The minimum absolute atomic E-state index is 1.06. The van der Waals surface area contributed by atoms with Gasteiger partial charge in [-0.3, -0.25) is 0 Å². The van der Waals surface area contributed by atoms with Crippen molar-refractivity contribution in [2.75, 3.05) is 18.8 Å². The first kappa shape index (κ1) is 15.1. The van der Waals surface area contributed by atoms with Crippen LogP contribution in [-0.2, 0) is 0 Å². The predicted octanol–water partition coefficient (Wildman–Crippen LogP) is 3.26. The summed E-state index contributed by atoms with van der Waals surface area (Å²) in [5.74, 6) is 1.32. The normalized spacial score (nSPS) is 12.9.